The first-order chi connectivity index (χ1) is 11.6. The van der Waals surface area contributed by atoms with Crippen LogP contribution in [0.4, 0.5) is 11.6 Å². The van der Waals surface area contributed by atoms with Crippen molar-refractivity contribution in [2.24, 2.45) is 0 Å². The molecule has 24 heavy (non-hydrogen) atoms. The molecule has 0 unspecified atom stereocenters. The molecule has 5 nitrogen and oxygen atoms in total. The maximum Gasteiger partial charge on any atom is 0.277 e. The third kappa shape index (κ3) is 3.11. The summed E-state index contributed by atoms with van der Waals surface area (Å²) in [6.07, 6.45) is 2.00. The van der Waals surface area contributed by atoms with E-state index in [0.29, 0.717) is 11.6 Å². The molecule has 3 rings (SSSR count). The first kappa shape index (κ1) is 16.4. The Hall–Kier alpha value is -2.43. The van der Waals surface area contributed by atoms with Gasteiger partial charge < -0.3 is 9.80 Å². The SMILES string of the molecule is CCN(CC)c1nc(C)cc(C(=O)N2CCCc3ccccc32)n1. The molecule has 0 spiro atoms. The monoisotopic (exact) mass is 324 g/mol. The zero-order chi connectivity index (χ0) is 17.1. The molecule has 126 valence electrons. The Kier molecular flexibility index (Phi) is 4.79. The quantitative estimate of drug-likeness (QED) is 0.866. The molecular formula is C19H24N4O. The zero-order valence-corrected chi connectivity index (χ0v) is 14.6. The van der Waals surface area contributed by atoms with Gasteiger partial charge in [-0.15, -0.1) is 0 Å². The van der Waals surface area contributed by atoms with Gasteiger partial charge in [0.05, 0.1) is 0 Å². The minimum absolute atomic E-state index is 0.0407. The van der Waals surface area contributed by atoms with Crippen molar-refractivity contribution >= 4 is 17.5 Å². The Morgan fingerprint density at radius 1 is 1.21 bits per heavy atom. The number of rotatable bonds is 4. The first-order valence-electron chi connectivity index (χ1n) is 8.64. The van der Waals surface area contributed by atoms with E-state index in [0.717, 1.165) is 43.9 Å². The molecule has 1 amide bonds. The Bertz CT molecular complexity index is 740. The zero-order valence-electron chi connectivity index (χ0n) is 14.6. The summed E-state index contributed by atoms with van der Waals surface area (Å²) in [5.41, 5.74) is 3.53. The van der Waals surface area contributed by atoms with Gasteiger partial charge in [0.25, 0.3) is 5.91 Å². The lowest BCUT2D eigenvalue weighted by Crippen LogP contribution is -2.36. The van der Waals surface area contributed by atoms with Crippen molar-refractivity contribution in [3.05, 3.63) is 47.3 Å². The van der Waals surface area contributed by atoms with Crippen molar-refractivity contribution in [1.29, 1.82) is 0 Å². The highest BCUT2D eigenvalue weighted by Gasteiger charge is 2.25. The summed E-state index contributed by atoms with van der Waals surface area (Å²) in [4.78, 5) is 26.0. The van der Waals surface area contributed by atoms with Crippen molar-refractivity contribution in [2.75, 3.05) is 29.4 Å². The number of anilines is 2. The molecule has 0 saturated heterocycles. The predicted octanol–water partition coefficient (Wildman–Crippen LogP) is 3.22. The lowest BCUT2D eigenvalue weighted by atomic mass is 10.0. The molecular weight excluding hydrogens is 300 g/mol. The van der Waals surface area contributed by atoms with E-state index < -0.39 is 0 Å². The van der Waals surface area contributed by atoms with Gasteiger partial charge in [0, 0.05) is 31.0 Å². The minimum Gasteiger partial charge on any atom is -0.341 e. The predicted molar refractivity (Wildman–Crippen MR) is 96.8 cm³/mol. The summed E-state index contributed by atoms with van der Waals surface area (Å²) in [6.45, 7) is 8.42. The standard InChI is InChI=1S/C19H24N4O/c1-4-22(5-2)19-20-14(3)13-16(21-19)18(24)23-12-8-10-15-9-6-7-11-17(15)23/h6-7,9,11,13H,4-5,8,10,12H2,1-3H3. The van der Waals surface area contributed by atoms with Gasteiger partial charge in [0.2, 0.25) is 5.95 Å². The lowest BCUT2D eigenvalue weighted by molar-refractivity contribution is 0.0980. The fraction of sp³-hybridized carbons (Fsp3) is 0.421. The van der Waals surface area contributed by atoms with Crippen LogP contribution in [0.2, 0.25) is 0 Å². The molecule has 0 N–H and O–H groups in total. The number of benzene rings is 1. The summed E-state index contributed by atoms with van der Waals surface area (Å²) in [6, 6.07) is 9.91. The van der Waals surface area contributed by atoms with E-state index in [1.165, 1.54) is 5.56 Å². The summed E-state index contributed by atoms with van der Waals surface area (Å²) in [5.74, 6) is 0.592. The maximum atomic E-state index is 13.1. The van der Waals surface area contributed by atoms with Crippen LogP contribution in [-0.4, -0.2) is 35.5 Å². The van der Waals surface area contributed by atoms with Crippen molar-refractivity contribution in [3.63, 3.8) is 0 Å². The van der Waals surface area contributed by atoms with E-state index in [-0.39, 0.29) is 5.91 Å². The van der Waals surface area contributed by atoms with Crippen LogP contribution in [0.25, 0.3) is 0 Å². The Labute approximate surface area is 143 Å². The Morgan fingerprint density at radius 2 is 1.96 bits per heavy atom. The normalized spacial score (nSPS) is 13.5. The number of fused-ring (bicyclic) bond motifs is 1. The Balaban J connectivity index is 1.96. The van der Waals surface area contributed by atoms with Crippen molar-refractivity contribution in [3.8, 4) is 0 Å². The highest BCUT2D eigenvalue weighted by molar-refractivity contribution is 6.05. The second kappa shape index (κ2) is 6.99. The molecule has 5 heteroatoms. The summed E-state index contributed by atoms with van der Waals surface area (Å²) in [5, 5.41) is 0. The van der Waals surface area contributed by atoms with Crippen LogP contribution >= 0.6 is 0 Å². The van der Waals surface area contributed by atoms with Crippen molar-refractivity contribution in [2.45, 2.75) is 33.6 Å². The number of hydrogen-bond acceptors (Lipinski definition) is 4. The average molecular weight is 324 g/mol. The van der Waals surface area contributed by atoms with Crippen molar-refractivity contribution in [1.82, 2.24) is 9.97 Å². The van der Waals surface area contributed by atoms with Gasteiger partial charge >= 0.3 is 0 Å². The molecule has 1 aliphatic rings. The number of carbonyl (C=O) groups excluding carboxylic acids is 1. The van der Waals surface area contributed by atoms with E-state index >= 15 is 0 Å². The molecule has 0 saturated carbocycles. The van der Waals surface area contributed by atoms with Gasteiger partial charge in [0.15, 0.2) is 0 Å². The number of aromatic nitrogens is 2. The number of nitrogens with zero attached hydrogens (tertiary/aromatic N) is 4. The Morgan fingerprint density at radius 3 is 2.71 bits per heavy atom. The van der Waals surface area contributed by atoms with E-state index in [9.17, 15) is 4.79 Å². The lowest BCUT2D eigenvalue weighted by Gasteiger charge is -2.29. The fourth-order valence-electron chi connectivity index (χ4n) is 3.19. The van der Waals surface area contributed by atoms with Gasteiger partial charge in [-0.3, -0.25) is 4.79 Å². The molecule has 1 aromatic carbocycles. The van der Waals surface area contributed by atoms with E-state index in [1.54, 1.807) is 6.07 Å². The van der Waals surface area contributed by atoms with Crippen molar-refractivity contribution < 1.29 is 4.79 Å². The molecule has 0 atom stereocenters. The third-order valence-electron chi connectivity index (χ3n) is 4.46. The van der Waals surface area contributed by atoms with E-state index in [4.69, 9.17) is 0 Å². The van der Waals surface area contributed by atoms with Gasteiger partial charge in [0.1, 0.15) is 5.69 Å². The highest BCUT2D eigenvalue weighted by atomic mass is 16.2. The first-order valence-corrected chi connectivity index (χ1v) is 8.64. The molecule has 2 heterocycles. The van der Waals surface area contributed by atoms with Gasteiger partial charge in [-0.1, -0.05) is 18.2 Å². The summed E-state index contributed by atoms with van der Waals surface area (Å²) in [7, 11) is 0. The summed E-state index contributed by atoms with van der Waals surface area (Å²) < 4.78 is 0. The van der Waals surface area contributed by atoms with Crippen LogP contribution in [0.1, 0.15) is 42.0 Å². The van der Waals surface area contributed by atoms with Crippen LogP contribution in [0.5, 0.6) is 0 Å². The van der Waals surface area contributed by atoms with Gasteiger partial charge in [-0.05, 0) is 51.3 Å². The largest absolute Gasteiger partial charge is 0.341 e. The number of para-hydroxylation sites is 1. The molecule has 0 fully saturated rings. The molecule has 0 aliphatic carbocycles. The van der Waals surface area contributed by atoms with Crippen LogP contribution in [-0.2, 0) is 6.42 Å². The summed E-state index contributed by atoms with van der Waals surface area (Å²) >= 11 is 0. The number of hydrogen-bond donors (Lipinski definition) is 0. The number of aryl methyl sites for hydroxylation is 2. The number of amides is 1. The van der Waals surface area contributed by atoms with Crippen LogP contribution in [0.3, 0.4) is 0 Å². The van der Waals surface area contributed by atoms with Gasteiger partial charge in [-0.25, -0.2) is 9.97 Å². The second-order valence-corrected chi connectivity index (χ2v) is 6.06. The molecule has 0 radical (unpaired) electrons. The van der Waals surface area contributed by atoms with E-state index in [2.05, 4.69) is 34.8 Å². The number of carbonyl (C=O) groups is 1. The third-order valence-corrected chi connectivity index (χ3v) is 4.46. The molecule has 2 aromatic rings. The topological polar surface area (TPSA) is 49.3 Å². The van der Waals surface area contributed by atoms with E-state index in [1.807, 2.05) is 30.0 Å². The smallest absolute Gasteiger partial charge is 0.277 e. The minimum atomic E-state index is -0.0407. The molecule has 1 aliphatic heterocycles. The molecule has 0 bridgehead atoms. The van der Waals surface area contributed by atoms with Gasteiger partial charge in [-0.2, -0.15) is 0 Å². The average Bonchev–Trinajstić information content (AvgIpc) is 2.61. The van der Waals surface area contributed by atoms with Crippen LogP contribution in [0, 0.1) is 6.92 Å². The maximum absolute atomic E-state index is 13.1. The molecule has 1 aromatic heterocycles. The highest BCUT2D eigenvalue weighted by Crippen LogP contribution is 2.28. The second-order valence-electron chi connectivity index (χ2n) is 6.06. The van der Waals surface area contributed by atoms with Crippen LogP contribution in [0.15, 0.2) is 30.3 Å². The van der Waals surface area contributed by atoms with Crippen LogP contribution < -0.4 is 9.80 Å². The fourth-order valence-corrected chi connectivity index (χ4v) is 3.19.